The average molecular weight is 393 g/mol. The van der Waals surface area contributed by atoms with Crippen LogP contribution >= 0.6 is 0 Å². The second kappa shape index (κ2) is 8.26. The van der Waals surface area contributed by atoms with Gasteiger partial charge in [-0.1, -0.05) is 68.4 Å². The third-order valence-electron chi connectivity index (χ3n) is 5.29. The zero-order valence-electron chi connectivity index (χ0n) is 17.1. The Hall–Kier alpha value is -3.84. The van der Waals surface area contributed by atoms with Gasteiger partial charge in [0.2, 0.25) is 0 Å². The smallest absolute Gasteiger partial charge is 0.307 e. The van der Waals surface area contributed by atoms with Crippen LogP contribution in [0.25, 0.3) is 22.0 Å². The van der Waals surface area contributed by atoms with Gasteiger partial charge in [0, 0.05) is 22.8 Å². The van der Waals surface area contributed by atoms with E-state index in [0.717, 1.165) is 27.6 Å². The van der Waals surface area contributed by atoms with E-state index in [4.69, 9.17) is 5.26 Å². The molecule has 4 heteroatoms. The van der Waals surface area contributed by atoms with Gasteiger partial charge in [-0.2, -0.15) is 5.26 Å². The lowest BCUT2D eigenvalue weighted by molar-refractivity contribution is 0.254. The van der Waals surface area contributed by atoms with Crippen molar-refractivity contribution in [3.8, 4) is 17.2 Å². The number of hydrogen-bond acceptors (Lipinski definition) is 2. The summed E-state index contributed by atoms with van der Waals surface area (Å²) >= 11 is 0. The lowest BCUT2D eigenvalue weighted by Crippen LogP contribution is -2.18. The summed E-state index contributed by atoms with van der Waals surface area (Å²) in [5.41, 5.74) is 5.95. The van der Waals surface area contributed by atoms with Crippen LogP contribution in [0.5, 0.6) is 0 Å². The first-order chi connectivity index (χ1) is 14.6. The van der Waals surface area contributed by atoms with E-state index in [-0.39, 0.29) is 6.03 Å². The van der Waals surface area contributed by atoms with Gasteiger partial charge in [0.25, 0.3) is 0 Å². The maximum absolute atomic E-state index is 13.1. The first-order valence-corrected chi connectivity index (χ1v) is 10.0. The summed E-state index contributed by atoms with van der Waals surface area (Å²) in [6.45, 7) is 4.36. The lowest BCUT2D eigenvalue weighted by Gasteiger charge is -2.12. The lowest BCUT2D eigenvalue weighted by atomic mass is 9.92. The molecule has 0 unspecified atom stereocenters. The zero-order chi connectivity index (χ0) is 21.1. The van der Waals surface area contributed by atoms with Gasteiger partial charge < -0.3 is 5.32 Å². The summed E-state index contributed by atoms with van der Waals surface area (Å²) in [5.74, 6) is 0.379. The highest BCUT2D eigenvalue weighted by Gasteiger charge is 2.17. The molecule has 1 heterocycles. The zero-order valence-corrected chi connectivity index (χ0v) is 17.1. The first kappa shape index (κ1) is 19.5. The van der Waals surface area contributed by atoms with Gasteiger partial charge in [0.1, 0.15) is 0 Å². The molecule has 0 fully saturated rings. The normalized spacial score (nSPS) is 10.9. The number of nitrogens with zero attached hydrogens (tertiary/aromatic N) is 2. The van der Waals surface area contributed by atoms with Gasteiger partial charge in [-0.3, -0.25) is 4.57 Å². The fourth-order valence-electron chi connectivity index (χ4n) is 3.79. The van der Waals surface area contributed by atoms with Crippen LogP contribution in [0.15, 0.2) is 79.0 Å². The van der Waals surface area contributed by atoms with Gasteiger partial charge in [-0.15, -0.1) is 0 Å². The molecule has 1 amide bonds. The van der Waals surface area contributed by atoms with E-state index in [1.54, 1.807) is 4.57 Å². The number of nitriles is 1. The Bertz CT molecular complexity index is 1240. The monoisotopic (exact) mass is 393 g/mol. The summed E-state index contributed by atoms with van der Waals surface area (Å²) in [5, 5.41) is 12.8. The summed E-state index contributed by atoms with van der Waals surface area (Å²) in [6, 6.07) is 25.6. The second-order valence-electron chi connectivity index (χ2n) is 7.63. The number of fused-ring (bicyclic) bond motifs is 1. The van der Waals surface area contributed by atoms with E-state index in [1.807, 2.05) is 54.7 Å². The largest absolute Gasteiger partial charge is 0.330 e. The summed E-state index contributed by atoms with van der Waals surface area (Å²) in [4.78, 5) is 13.1. The Morgan fingerprint density at radius 3 is 2.40 bits per heavy atom. The SMILES string of the molecule is CC(C)c1ccccc1-c1cn(C(=O)Nc2ccc(CC#N)cc2)c2ccccc12. The number of carbonyl (C=O) groups is 1. The average Bonchev–Trinajstić information content (AvgIpc) is 3.15. The summed E-state index contributed by atoms with van der Waals surface area (Å²) in [7, 11) is 0. The molecule has 0 atom stereocenters. The summed E-state index contributed by atoms with van der Waals surface area (Å²) in [6.07, 6.45) is 2.28. The van der Waals surface area contributed by atoms with E-state index in [9.17, 15) is 4.79 Å². The van der Waals surface area contributed by atoms with Crippen LogP contribution in [0.2, 0.25) is 0 Å². The number of nitrogens with one attached hydrogen (secondary N) is 1. The molecule has 0 radical (unpaired) electrons. The predicted molar refractivity (Wildman–Crippen MR) is 122 cm³/mol. The molecular formula is C26H23N3O. The Morgan fingerprint density at radius 1 is 0.967 bits per heavy atom. The number of para-hydroxylation sites is 1. The number of amides is 1. The highest BCUT2D eigenvalue weighted by atomic mass is 16.2. The van der Waals surface area contributed by atoms with Crippen molar-refractivity contribution in [2.45, 2.75) is 26.2 Å². The standard InChI is InChI=1S/C26H23N3O/c1-18(2)21-7-3-4-8-22(21)24-17-29(25-10-6-5-9-23(24)25)26(30)28-20-13-11-19(12-14-20)15-16-27/h3-14,17-18H,15H2,1-2H3,(H,28,30). The summed E-state index contributed by atoms with van der Waals surface area (Å²) < 4.78 is 1.67. The minimum atomic E-state index is -0.215. The molecule has 1 aromatic heterocycles. The molecule has 1 N–H and O–H groups in total. The van der Waals surface area contributed by atoms with Gasteiger partial charge in [0.15, 0.2) is 0 Å². The van der Waals surface area contributed by atoms with E-state index in [2.05, 4.69) is 49.5 Å². The molecule has 4 nitrogen and oxygen atoms in total. The van der Waals surface area contributed by atoms with Crippen LogP contribution in [0.3, 0.4) is 0 Å². The molecule has 0 aliphatic rings. The van der Waals surface area contributed by atoms with Crippen LogP contribution in [-0.2, 0) is 6.42 Å². The van der Waals surface area contributed by atoms with E-state index in [1.165, 1.54) is 5.56 Å². The van der Waals surface area contributed by atoms with Crippen LogP contribution in [0, 0.1) is 11.3 Å². The van der Waals surface area contributed by atoms with E-state index in [0.29, 0.717) is 18.0 Å². The van der Waals surface area contributed by atoms with Crippen molar-refractivity contribution in [1.29, 1.82) is 5.26 Å². The molecule has 0 spiro atoms. The highest BCUT2D eigenvalue weighted by Crippen LogP contribution is 2.35. The van der Waals surface area contributed by atoms with Crippen molar-refractivity contribution in [1.82, 2.24) is 4.57 Å². The fraction of sp³-hybridized carbons (Fsp3) is 0.154. The quantitative estimate of drug-likeness (QED) is 0.426. The molecule has 4 aromatic rings. The molecule has 4 rings (SSSR count). The van der Waals surface area contributed by atoms with Gasteiger partial charge in [0.05, 0.1) is 18.0 Å². The molecule has 0 aliphatic heterocycles. The van der Waals surface area contributed by atoms with Gasteiger partial charge >= 0.3 is 6.03 Å². The third-order valence-corrected chi connectivity index (χ3v) is 5.29. The Balaban J connectivity index is 1.74. The topological polar surface area (TPSA) is 57.8 Å². The Kier molecular flexibility index (Phi) is 5.36. The van der Waals surface area contributed by atoms with Crippen LogP contribution in [0.4, 0.5) is 10.5 Å². The van der Waals surface area contributed by atoms with Gasteiger partial charge in [-0.05, 0) is 40.8 Å². The van der Waals surface area contributed by atoms with Crippen molar-refractivity contribution in [3.05, 3.63) is 90.1 Å². The van der Waals surface area contributed by atoms with E-state index < -0.39 is 0 Å². The van der Waals surface area contributed by atoms with Crippen molar-refractivity contribution in [3.63, 3.8) is 0 Å². The van der Waals surface area contributed by atoms with Crippen LogP contribution in [0.1, 0.15) is 30.9 Å². The fourth-order valence-corrected chi connectivity index (χ4v) is 3.79. The molecule has 3 aromatic carbocycles. The van der Waals surface area contributed by atoms with Crippen molar-refractivity contribution < 1.29 is 4.79 Å². The highest BCUT2D eigenvalue weighted by molar-refractivity contribution is 6.05. The molecule has 30 heavy (non-hydrogen) atoms. The minimum Gasteiger partial charge on any atom is -0.307 e. The molecule has 148 valence electrons. The van der Waals surface area contributed by atoms with Crippen molar-refractivity contribution in [2.24, 2.45) is 0 Å². The maximum Gasteiger partial charge on any atom is 0.330 e. The molecule has 0 aliphatic carbocycles. The number of carbonyl (C=O) groups excluding carboxylic acids is 1. The van der Waals surface area contributed by atoms with Crippen LogP contribution in [-0.4, -0.2) is 10.6 Å². The number of hydrogen-bond donors (Lipinski definition) is 1. The second-order valence-corrected chi connectivity index (χ2v) is 7.63. The predicted octanol–water partition coefficient (Wildman–Crippen LogP) is 6.58. The number of anilines is 1. The number of benzene rings is 3. The maximum atomic E-state index is 13.1. The first-order valence-electron chi connectivity index (χ1n) is 10.0. The van der Waals surface area contributed by atoms with E-state index >= 15 is 0 Å². The Labute approximate surface area is 176 Å². The van der Waals surface area contributed by atoms with Crippen molar-refractivity contribution in [2.75, 3.05) is 5.32 Å². The van der Waals surface area contributed by atoms with Crippen molar-refractivity contribution >= 4 is 22.6 Å². The number of rotatable bonds is 4. The minimum absolute atomic E-state index is 0.215. The molecule has 0 bridgehead atoms. The Morgan fingerprint density at radius 2 is 1.67 bits per heavy atom. The van der Waals surface area contributed by atoms with Crippen LogP contribution < -0.4 is 5.32 Å². The molecular weight excluding hydrogens is 370 g/mol. The molecule has 0 saturated heterocycles. The number of aromatic nitrogens is 1. The van der Waals surface area contributed by atoms with Gasteiger partial charge in [-0.25, -0.2) is 4.79 Å². The third kappa shape index (κ3) is 3.70. The molecule has 0 saturated carbocycles.